The van der Waals surface area contributed by atoms with Crippen LogP contribution in [0.15, 0.2) is 53.7 Å². The highest BCUT2D eigenvalue weighted by atomic mass is 35.5. The lowest BCUT2D eigenvalue weighted by atomic mass is 10.2. The third kappa shape index (κ3) is 4.88. The van der Waals surface area contributed by atoms with Crippen molar-refractivity contribution in [3.63, 3.8) is 0 Å². The van der Waals surface area contributed by atoms with Crippen LogP contribution in [0.2, 0.25) is 5.02 Å². The number of rotatable bonds is 6. The van der Waals surface area contributed by atoms with Gasteiger partial charge in [-0.2, -0.15) is 9.99 Å². The van der Waals surface area contributed by atoms with Gasteiger partial charge < -0.3 is 10.1 Å². The number of thioether (sulfide) groups is 1. The summed E-state index contributed by atoms with van der Waals surface area (Å²) >= 11 is 7.13. The van der Waals surface area contributed by atoms with Crippen molar-refractivity contribution in [2.75, 3.05) is 17.2 Å². The number of aromatic nitrogens is 1. The lowest BCUT2D eigenvalue weighted by molar-refractivity contribution is -0.645. The number of carbonyl (C=O) groups excluding carboxylic acids is 1. The molecule has 0 aliphatic rings. The van der Waals surface area contributed by atoms with Crippen molar-refractivity contribution in [1.29, 1.82) is 5.26 Å². The van der Waals surface area contributed by atoms with Crippen LogP contribution < -0.4 is 9.63 Å². The Bertz CT molecular complexity index is 733. The molecule has 5 nitrogen and oxygen atoms in total. The Hall–Kier alpha value is -2.23. The van der Waals surface area contributed by atoms with Gasteiger partial charge in [-0.3, -0.25) is 4.79 Å². The van der Waals surface area contributed by atoms with Gasteiger partial charge in [0.05, 0.1) is 18.2 Å². The largest absolute Gasteiger partial charge is 0.618 e. The van der Waals surface area contributed by atoms with E-state index in [1.165, 1.54) is 11.1 Å². The van der Waals surface area contributed by atoms with Crippen molar-refractivity contribution >= 4 is 35.0 Å². The van der Waals surface area contributed by atoms with Crippen molar-refractivity contribution in [2.24, 2.45) is 0 Å². The van der Waals surface area contributed by atoms with Crippen LogP contribution in [0.3, 0.4) is 0 Å². The number of amides is 1. The molecule has 1 aromatic carbocycles. The van der Waals surface area contributed by atoms with Gasteiger partial charge in [-0.25, -0.2) is 0 Å². The van der Waals surface area contributed by atoms with E-state index in [2.05, 4.69) is 0 Å². The molecular formula is C16H14ClN3O2S. The monoisotopic (exact) mass is 347 g/mol. The van der Waals surface area contributed by atoms with E-state index in [-0.39, 0.29) is 24.6 Å². The molecule has 1 heterocycles. The van der Waals surface area contributed by atoms with E-state index in [0.717, 1.165) is 16.5 Å². The Balaban J connectivity index is 2.11. The van der Waals surface area contributed by atoms with E-state index in [0.29, 0.717) is 15.7 Å². The molecule has 1 amide bonds. The van der Waals surface area contributed by atoms with Crippen molar-refractivity contribution in [3.05, 3.63) is 58.9 Å². The molecule has 0 spiro atoms. The van der Waals surface area contributed by atoms with Gasteiger partial charge in [0, 0.05) is 29.4 Å². The maximum Gasteiger partial charge on any atom is 0.251 e. The first-order valence-corrected chi connectivity index (χ1v) is 8.22. The van der Waals surface area contributed by atoms with Gasteiger partial charge in [0.25, 0.3) is 5.03 Å². The van der Waals surface area contributed by atoms with E-state index in [1.807, 2.05) is 6.07 Å². The molecule has 2 rings (SSSR count). The van der Waals surface area contributed by atoms with Crippen molar-refractivity contribution < 1.29 is 9.52 Å². The summed E-state index contributed by atoms with van der Waals surface area (Å²) in [5.41, 5.74) is 0.640. The molecule has 0 unspecified atom stereocenters. The minimum absolute atomic E-state index is 0.101. The number of nitriles is 1. The number of benzene rings is 1. The van der Waals surface area contributed by atoms with Crippen molar-refractivity contribution in [3.8, 4) is 6.07 Å². The Labute approximate surface area is 143 Å². The third-order valence-electron chi connectivity index (χ3n) is 3.00. The van der Waals surface area contributed by atoms with Crippen LogP contribution in [0.1, 0.15) is 6.42 Å². The van der Waals surface area contributed by atoms with Gasteiger partial charge in [0.1, 0.15) is 0 Å². The van der Waals surface area contributed by atoms with E-state index in [4.69, 9.17) is 16.9 Å². The molecule has 2 aromatic rings. The second kappa shape index (κ2) is 8.42. The summed E-state index contributed by atoms with van der Waals surface area (Å²) in [7, 11) is 0. The summed E-state index contributed by atoms with van der Waals surface area (Å²) in [5.74, 6) is -0.0825. The van der Waals surface area contributed by atoms with Gasteiger partial charge >= 0.3 is 0 Å². The first-order valence-electron chi connectivity index (χ1n) is 6.85. The maximum atomic E-state index is 12.5. The lowest BCUT2D eigenvalue weighted by Crippen LogP contribution is -2.34. The molecule has 0 aliphatic carbocycles. The average molecular weight is 348 g/mol. The van der Waals surface area contributed by atoms with Gasteiger partial charge in [0.2, 0.25) is 5.91 Å². The molecule has 7 heteroatoms. The summed E-state index contributed by atoms with van der Waals surface area (Å²) < 4.78 is 0.719. The molecule has 0 saturated carbocycles. The Kier molecular flexibility index (Phi) is 6.27. The van der Waals surface area contributed by atoms with Gasteiger partial charge in [0.15, 0.2) is 6.20 Å². The van der Waals surface area contributed by atoms with E-state index >= 15 is 0 Å². The molecule has 0 N–H and O–H groups in total. The zero-order chi connectivity index (χ0) is 16.7. The molecule has 118 valence electrons. The molecule has 0 aliphatic heterocycles. The van der Waals surface area contributed by atoms with Gasteiger partial charge in [-0.15, -0.1) is 0 Å². The summed E-state index contributed by atoms with van der Waals surface area (Å²) in [4.78, 5) is 14.0. The van der Waals surface area contributed by atoms with Crippen LogP contribution in [-0.2, 0) is 4.79 Å². The smallest absolute Gasteiger partial charge is 0.251 e. The summed E-state index contributed by atoms with van der Waals surface area (Å²) in [5, 5.41) is 21.3. The van der Waals surface area contributed by atoms with Crippen molar-refractivity contribution in [2.45, 2.75) is 11.4 Å². The maximum absolute atomic E-state index is 12.5. The molecule has 0 bridgehead atoms. The average Bonchev–Trinajstić information content (AvgIpc) is 2.54. The topological polar surface area (TPSA) is 71.0 Å². The Morgan fingerprint density at radius 2 is 2.17 bits per heavy atom. The zero-order valence-corrected chi connectivity index (χ0v) is 13.8. The van der Waals surface area contributed by atoms with Crippen LogP contribution in [0, 0.1) is 16.5 Å². The van der Waals surface area contributed by atoms with Crippen LogP contribution in [0.4, 0.5) is 5.69 Å². The predicted octanol–water partition coefficient (Wildman–Crippen LogP) is 3.01. The number of hydrogen-bond acceptors (Lipinski definition) is 4. The van der Waals surface area contributed by atoms with Crippen LogP contribution in [0.25, 0.3) is 0 Å². The fourth-order valence-electron chi connectivity index (χ4n) is 1.94. The molecule has 1 aromatic heterocycles. The first-order chi connectivity index (χ1) is 11.1. The summed E-state index contributed by atoms with van der Waals surface area (Å²) in [6, 6.07) is 14.0. The highest BCUT2D eigenvalue weighted by Crippen LogP contribution is 2.22. The number of carbonyl (C=O) groups is 1. The molecule has 0 atom stereocenters. The predicted molar refractivity (Wildman–Crippen MR) is 90.2 cm³/mol. The number of pyridine rings is 1. The Morgan fingerprint density at radius 3 is 2.87 bits per heavy atom. The number of halogens is 1. The fraction of sp³-hybridized carbons (Fsp3) is 0.188. The summed E-state index contributed by atoms with van der Waals surface area (Å²) in [6.07, 6.45) is 1.60. The van der Waals surface area contributed by atoms with E-state index in [9.17, 15) is 10.0 Å². The number of nitrogens with zero attached hydrogens (tertiary/aromatic N) is 3. The number of hydrogen-bond donors (Lipinski definition) is 0. The molecule has 0 radical (unpaired) electrons. The Morgan fingerprint density at radius 1 is 1.35 bits per heavy atom. The quantitative estimate of drug-likeness (QED) is 0.457. The molecule has 23 heavy (non-hydrogen) atoms. The zero-order valence-electron chi connectivity index (χ0n) is 12.2. The standard InChI is InChI=1S/C16H14ClN3O2S/c17-13-5-3-6-14(11-13)19(9-4-8-18)15(21)12-23-16-7-1-2-10-20(16)22/h1-3,5-7,10-11H,4,9,12H2. The SMILES string of the molecule is N#CCCN(C(=O)CSc1cccc[n+]1[O-])c1cccc(Cl)c1. The molecule has 0 fully saturated rings. The number of anilines is 1. The normalized spacial score (nSPS) is 10.1. The van der Waals surface area contributed by atoms with Crippen LogP contribution in [0.5, 0.6) is 0 Å². The highest BCUT2D eigenvalue weighted by molar-refractivity contribution is 7.99. The fourth-order valence-corrected chi connectivity index (χ4v) is 2.92. The van der Waals surface area contributed by atoms with Crippen molar-refractivity contribution in [1.82, 2.24) is 0 Å². The molecule has 0 saturated heterocycles. The van der Waals surface area contributed by atoms with Crippen LogP contribution >= 0.6 is 23.4 Å². The second-order valence-electron chi connectivity index (χ2n) is 4.59. The molecular weight excluding hydrogens is 334 g/mol. The van der Waals surface area contributed by atoms with Crippen LogP contribution in [-0.4, -0.2) is 18.2 Å². The second-order valence-corrected chi connectivity index (χ2v) is 6.02. The van der Waals surface area contributed by atoms with Gasteiger partial charge in [-0.1, -0.05) is 17.7 Å². The highest BCUT2D eigenvalue weighted by Gasteiger charge is 2.18. The minimum atomic E-state index is -0.184. The third-order valence-corrected chi connectivity index (χ3v) is 4.24. The lowest BCUT2D eigenvalue weighted by Gasteiger charge is -2.21. The minimum Gasteiger partial charge on any atom is -0.618 e. The van der Waals surface area contributed by atoms with Gasteiger partial charge in [-0.05, 0) is 36.0 Å². The van der Waals surface area contributed by atoms with E-state index < -0.39 is 0 Å². The van der Waals surface area contributed by atoms with E-state index in [1.54, 1.807) is 42.5 Å². The summed E-state index contributed by atoms with van der Waals surface area (Å²) in [6.45, 7) is 0.280. The first kappa shape index (κ1) is 17.1.